The highest BCUT2D eigenvalue weighted by molar-refractivity contribution is 6.23. The zero-order valence-electron chi connectivity index (χ0n) is 29.6. The van der Waals surface area contributed by atoms with Crippen molar-refractivity contribution < 1.29 is 24.2 Å². The van der Waals surface area contributed by atoms with Gasteiger partial charge in [0.25, 0.3) is 0 Å². The SMILES string of the molecule is CC(C)=CCC/C(C)=C/C[C@H]1C(C)(C)[C@@]2(CC=C(C)C)C(=O)c3c(oc4cc(O)c(O)cc4c3=O)[C@](CC=C(C)C)(C2=O)C1(C)C. The van der Waals surface area contributed by atoms with Crippen molar-refractivity contribution in [1.29, 1.82) is 0 Å². The Kier molecular flexibility index (Phi) is 9.31. The van der Waals surface area contributed by atoms with Gasteiger partial charge in [0.2, 0.25) is 5.43 Å². The van der Waals surface area contributed by atoms with Crippen molar-refractivity contribution in [2.24, 2.45) is 22.2 Å². The van der Waals surface area contributed by atoms with Crippen molar-refractivity contribution in [3.8, 4) is 11.5 Å². The smallest absolute Gasteiger partial charge is 0.204 e. The van der Waals surface area contributed by atoms with Crippen molar-refractivity contribution >= 4 is 22.5 Å². The average Bonchev–Trinajstić information content (AvgIpc) is 2.93. The Labute approximate surface area is 274 Å². The van der Waals surface area contributed by atoms with Crippen LogP contribution in [0.5, 0.6) is 11.5 Å². The molecule has 2 aromatic rings. The molecule has 6 heteroatoms. The van der Waals surface area contributed by atoms with E-state index in [0.29, 0.717) is 6.42 Å². The lowest BCUT2D eigenvalue weighted by Crippen LogP contribution is -2.74. The van der Waals surface area contributed by atoms with Gasteiger partial charge < -0.3 is 14.6 Å². The summed E-state index contributed by atoms with van der Waals surface area (Å²) in [6.45, 7) is 22.4. The van der Waals surface area contributed by atoms with Crippen LogP contribution in [-0.2, 0) is 10.2 Å². The molecule has 2 N–H and O–H groups in total. The molecule has 0 spiro atoms. The molecule has 1 aromatic heterocycles. The van der Waals surface area contributed by atoms with Crippen LogP contribution in [0.15, 0.2) is 67.9 Å². The first-order valence-electron chi connectivity index (χ1n) is 16.5. The van der Waals surface area contributed by atoms with Gasteiger partial charge in [0.05, 0.1) is 10.8 Å². The van der Waals surface area contributed by atoms with E-state index in [1.807, 2.05) is 53.7 Å². The Morgan fingerprint density at radius 3 is 1.85 bits per heavy atom. The summed E-state index contributed by atoms with van der Waals surface area (Å²) in [5, 5.41) is 20.6. The zero-order valence-corrected chi connectivity index (χ0v) is 29.6. The van der Waals surface area contributed by atoms with E-state index in [1.54, 1.807) is 0 Å². The molecule has 3 atom stereocenters. The van der Waals surface area contributed by atoms with Gasteiger partial charge in [0, 0.05) is 6.07 Å². The van der Waals surface area contributed by atoms with Gasteiger partial charge in [-0.1, -0.05) is 74.3 Å². The summed E-state index contributed by atoms with van der Waals surface area (Å²) in [5.74, 6) is -1.74. The zero-order chi connectivity index (χ0) is 34.6. The Hall–Kier alpha value is -3.67. The number of ketones is 2. The molecule has 0 saturated heterocycles. The van der Waals surface area contributed by atoms with Crippen molar-refractivity contribution in [2.45, 2.75) is 114 Å². The summed E-state index contributed by atoms with van der Waals surface area (Å²) in [7, 11) is 0. The molecular formula is C40H52O6. The number of carbonyl (C=O) groups is 2. The van der Waals surface area contributed by atoms with E-state index in [4.69, 9.17) is 4.42 Å². The lowest BCUT2D eigenvalue weighted by atomic mass is 9.33. The Morgan fingerprint density at radius 2 is 1.28 bits per heavy atom. The third-order valence-corrected chi connectivity index (χ3v) is 11.1. The number of carbonyl (C=O) groups excluding carboxylic acids is 2. The molecule has 0 amide bonds. The maximum Gasteiger partial charge on any atom is 0.204 e. The molecule has 1 fully saturated rings. The predicted molar refractivity (Wildman–Crippen MR) is 185 cm³/mol. The average molecular weight is 629 g/mol. The summed E-state index contributed by atoms with van der Waals surface area (Å²) in [6, 6.07) is 2.33. The maximum absolute atomic E-state index is 15.6. The fourth-order valence-electron chi connectivity index (χ4n) is 8.39. The van der Waals surface area contributed by atoms with Crippen molar-refractivity contribution in [3.63, 3.8) is 0 Å². The summed E-state index contributed by atoms with van der Waals surface area (Å²) in [6.07, 6.45) is 11.4. The van der Waals surface area contributed by atoms with Gasteiger partial charge in [-0.15, -0.1) is 0 Å². The van der Waals surface area contributed by atoms with Crippen LogP contribution in [-0.4, -0.2) is 21.8 Å². The number of hydrogen-bond acceptors (Lipinski definition) is 6. The lowest BCUT2D eigenvalue weighted by molar-refractivity contribution is -0.173. The third-order valence-electron chi connectivity index (χ3n) is 11.1. The number of rotatable bonds is 9. The highest BCUT2D eigenvalue weighted by Gasteiger charge is 2.77. The molecule has 248 valence electrons. The number of hydrogen-bond donors (Lipinski definition) is 2. The predicted octanol–water partition coefficient (Wildman–Crippen LogP) is 9.67. The van der Waals surface area contributed by atoms with E-state index in [0.717, 1.165) is 30.1 Å². The first-order valence-corrected chi connectivity index (χ1v) is 16.5. The van der Waals surface area contributed by atoms with Crippen LogP contribution in [0.1, 0.15) is 124 Å². The highest BCUT2D eigenvalue weighted by atomic mass is 16.3. The Bertz CT molecular complexity index is 1760. The summed E-state index contributed by atoms with van der Waals surface area (Å²) in [5.41, 5.74) is -0.662. The third kappa shape index (κ3) is 5.22. The lowest BCUT2D eigenvalue weighted by Gasteiger charge is -2.67. The van der Waals surface area contributed by atoms with Crippen LogP contribution in [0.3, 0.4) is 0 Å². The van der Waals surface area contributed by atoms with Crippen LogP contribution < -0.4 is 5.43 Å². The van der Waals surface area contributed by atoms with Gasteiger partial charge >= 0.3 is 0 Å². The fourth-order valence-corrected chi connectivity index (χ4v) is 8.39. The summed E-state index contributed by atoms with van der Waals surface area (Å²) in [4.78, 5) is 45.1. The van der Waals surface area contributed by atoms with Crippen LogP contribution in [0, 0.1) is 22.2 Å². The van der Waals surface area contributed by atoms with Gasteiger partial charge in [-0.3, -0.25) is 14.4 Å². The first kappa shape index (κ1) is 35.2. The van der Waals surface area contributed by atoms with Crippen LogP contribution in [0.25, 0.3) is 11.0 Å². The summed E-state index contributed by atoms with van der Waals surface area (Å²) >= 11 is 0. The number of Topliss-reactive ketones (excluding diaryl/α,β-unsaturated/α-hetero) is 2. The second-order valence-corrected chi connectivity index (χ2v) is 15.5. The van der Waals surface area contributed by atoms with Gasteiger partial charge in [0.1, 0.15) is 22.3 Å². The molecular weight excluding hydrogens is 576 g/mol. The molecule has 1 heterocycles. The minimum atomic E-state index is -1.53. The first-order chi connectivity index (χ1) is 21.3. The molecule has 2 aliphatic carbocycles. The maximum atomic E-state index is 15.6. The van der Waals surface area contributed by atoms with Crippen LogP contribution in [0.2, 0.25) is 0 Å². The van der Waals surface area contributed by atoms with Gasteiger partial charge in [-0.2, -0.15) is 0 Å². The molecule has 4 rings (SSSR count). The van der Waals surface area contributed by atoms with Crippen LogP contribution >= 0.6 is 0 Å². The minimum Gasteiger partial charge on any atom is -0.504 e. The molecule has 46 heavy (non-hydrogen) atoms. The topological polar surface area (TPSA) is 105 Å². The number of aromatic hydroxyl groups is 2. The number of fused-ring (bicyclic) bond motifs is 5. The van der Waals surface area contributed by atoms with E-state index in [2.05, 4.69) is 46.8 Å². The second-order valence-electron chi connectivity index (χ2n) is 15.5. The molecule has 1 saturated carbocycles. The van der Waals surface area contributed by atoms with E-state index in [1.165, 1.54) is 17.2 Å². The van der Waals surface area contributed by atoms with Crippen molar-refractivity contribution in [2.75, 3.05) is 0 Å². The van der Waals surface area contributed by atoms with E-state index in [-0.39, 0.29) is 46.8 Å². The quantitative estimate of drug-likeness (QED) is 0.163. The molecule has 2 bridgehead atoms. The largest absolute Gasteiger partial charge is 0.504 e. The molecule has 0 unspecified atom stereocenters. The van der Waals surface area contributed by atoms with Crippen LogP contribution in [0.4, 0.5) is 0 Å². The number of phenolic OH excluding ortho intramolecular Hbond substituents is 2. The van der Waals surface area contributed by atoms with E-state index in [9.17, 15) is 15.0 Å². The van der Waals surface area contributed by atoms with Gasteiger partial charge in [0.15, 0.2) is 23.1 Å². The monoisotopic (exact) mass is 628 g/mol. The normalized spacial score (nSPS) is 24.8. The number of phenols is 2. The molecule has 0 radical (unpaired) electrons. The van der Waals surface area contributed by atoms with Crippen molar-refractivity contribution in [1.82, 2.24) is 0 Å². The minimum absolute atomic E-state index is 0.00774. The fraction of sp³-hybridized carbons (Fsp3) is 0.525. The molecule has 1 aromatic carbocycles. The Balaban J connectivity index is 2.15. The van der Waals surface area contributed by atoms with Gasteiger partial charge in [-0.05, 0) is 103 Å². The number of benzene rings is 1. The highest BCUT2D eigenvalue weighted by Crippen LogP contribution is 2.71. The van der Waals surface area contributed by atoms with Crippen molar-refractivity contribution in [3.05, 3.63) is 80.3 Å². The van der Waals surface area contributed by atoms with Gasteiger partial charge in [-0.25, -0.2) is 0 Å². The Morgan fingerprint density at radius 1 is 0.761 bits per heavy atom. The molecule has 6 nitrogen and oxygen atoms in total. The van der Waals surface area contributed by atoms with E-state index < -0.39 is 44.4 Å². The number of allylic oxidation sites excluding steroid dienone is 8. The second kappa shape index (κ2) is 12.2. The summed E-state index contributed by atoms with van der Waals surface area (Å²) < 4.78 is 6.51. The standard InChI is InChI=1S/C40H52O6/c1-23(2)13-12-14-26(7)15-16-31-37(8,9)39(19-17-24(3)4)34(44)32-33(43)27-21-28(41)29(42)22-30(27)46-35(32)40(36(39)45,38(31,10)11)20-18-25(5)6/h13,15,17-18,21-22,31,41-42H,12,14,16,19-20H2,1-11H3/b26-15+/t31-,39-,40+/m0/s1. The van der Waals surface area contributed by atoms with E-state index >= 15 is 9.59 Å². The molecule has 0 aliphatic heterocycles. The molecule has 2 aliphatic rings.